The van der Waals surface area contributed by atoms with Crippen LogP contribution in [-0.4, -0.2) is 39.2 Å². The van der Waals surface area contributed by atoms with Gasteiger partial charge in [0.25, 0.3) is 0 Å². The van der Waals surface area contributed by atoms with Crippen LogP contribution in [0.4, 0.5) is 0 Å². The Morgan fingerprint density at radius 1 is 1.61 bits per heavy atom. The Kier molecular flexibility index (Phi) is 4.33. The van der Waals surface area contributed by atoms with Crippen LogP contribution in [0.25, 0.3) is 0 Å². The lowest BCUT2D eigenvalue weighted by Crippen LogP contribution is -2.54. The molecule has 0 spiro atoms. The Bertz CT molecular complexity index is 380. The minimum Gasteiger partial charge on any atom is -0.548 e. The second-order valence-corrected chi connectivity index (χ2v) is 4.78. The number of carboxylic acids is 1. The van der Waals surface area contributed by atoms with E-state index in [1.54, 1.807) is 6.20 Å². The van der Waals surface area contributed by atoms with Crippen LogP contribution in [0.2, 0.25) is 0 Å². The van der Waals surface area contributed by atoms with E-state index in [9.17, 15) is 15.0 Å². The van der Waals surface area contributed by atoms with Gasteiger partial charge in [0.2, 0.25) is 0 Å². The van der Waals surface area contributed by atoms with Crippen molar-refractivity contribution in [3.63, 3.8) is 0 Å². The molecule has 0 saturated heterocycles. The summed E-state index contributed by atoms with van der Waals surface area (Å²) in [6.45, 7) is 0. The van der Waals surface area contributed by atoms with E-state index in [1.807, 2.05) is 0 Å². The van der Waals surface area contributed by atoms with Crippen LogP contribution < -0.4 is 10.4 Å². The van der Waals surface area contributed by atoms with Gasteiger partial charge in [-0.1, -0.05) is 12.8 Å². The summed E-state index contributed by atoms with van der Waals surface area (Å²) in [6.07, 6.45) is 6.45. The Balaban J connectivity index is 1.95. The van der Waals surface area contributed by atoms with Crippen molar-refractivity contribution in [2.45, 2.75) is 50.3 Å². The van der Waals surface area contributed by atoms with Crippen molar-refractivity contribution in [3.05, 3.63) is 18.2 Å². The van der Waals surface area contributed by atoms with Crippen LogP contribution in [0.15, 0.2) is 12.5 Å². The molecule has 0 aliphatic heterocycles. The summed E-state index contributed by atoms with van der Waals surface area (Å²) in [4.78, 5) is 17.8. The average Bonchev–Trinajstić information content (AvgIpc) is 2.83. The molecule has 1 fully saturated rings. The van der Waals surface area contributed by atoms with Crippen LogP contribution in [0, 0.1) is 0 Å². The summed E-state index contributed by atoms with van der Waals surface area (Å²) in [5.74, 6) is -1.15. The SMILES string of the molecule is O=C([O-])C(Cc1cnc[nH]1)N[C@H]1CCCC[C@@H]1O. The van der Waals surface area contributed by atoms with Crippen molar-refractivity contribution in [1.29, 1.82) is 0 Å². The van der Waals surface area contributed by atoms with E-state index in [2.05, 4.69) is 15.3 Å². The zero-order valence-electron chi connectivity index (χ0n) is 10.1. The maximum Gasteiger partial charge on any atom is 0.0921 e. The predicted octanol–water partition coefficient (Wildman–Crippen LogP) is -1.04. The number of carboxylic acid groups (broad SMARTS) is 1. The molecule has 6 heteroatoms. The molecule has 1 saturated carbocycles. The Hall–Kier alpha value is -1.40. The minimum absolute atomic E-state index is 0.162. The number of aliphatic hydroxyl groups is 1. The second-order valence-electron chi connectivity index (χ2n) is 4.78. The number of aromatic nitrogens is 2. The van der Waals surface area contributed by atoms with Gasteiger partial charge in [-0.05, 0) is 12.8 Å². The first-order valence-electron chi connectivity index (χ1n) is 6.29. The van der Waals surface area contributed by atoms with E-state index in [-0.39, 0.29) is 12.5 Å². The molecular formula is C12H18N3O3-. The molecule has 1 aromatic heterocycles. The smallest absolute Gasteiger partial charge is 0.0921 e. The Labute approximate surface area is 105 Å². The highest BCUT2D eigenvalue weighted by Gasteiger charge is 2.26. The van der Waals surface area contributed by atoms with Gasteiger partial charge in [0.05, 0.1) is 24.4 Å². The van der Waals surface area contributed by atoms with Crippen LogP contribution in [0.3, 0.4) is 0 Å². The molecule has 1 heterocycles. The maximum absolute atomic E-state index is 11.1. The first kappa shape index (κ1) is 13.0. The summed E-state index contributed by atoms with van der Waals surface area (Å²) in [5, 5.41) is 23.9. The van der Waals surface area contributed by atoms with Gasteiger partial charge < -0.3 is 25.3 Å². The number of carbonyl (C=O) groups excluding carboxylic acids is 1. The largest absolute Gasteiger partial charge is 0.548 e. The van der Waals surface area contributed by atoms with Gasteiger partial charge >= 0.3 is 0 Å². The Morgan fingerprint density at radius 3 is 3.00 bits per heavy atom. The predicted molar refractivity (Wildman–Crippen MR) is 62.5 cm³/mol. The highest BCUT2D eigenvalue weighted by Crippen LogP contribution is 2.19. The maximum atomic E-state index is 11.1. The summed E-state index contributed by atoms with van der Waals surface area (Å²) in [5.41, 5.74) is 0.738. The number of aliphatic hydroxyl groups excluding tert-OH is 1. The van der Waals surface area contributed by atoms with Crippen molar-refractivity contribution in [1.82, 2.24) is 15.3 Å². The van der Waals surface area contributed by atoms with Gasteiger partial charge in [0, 0.05) is 24.4 Å². The number of rotatable bonds is 5. The molecule has 2 rings (SSSR count). The summed E-state index contributed by atoms with van der Waals surface area (Å²) in [6, 6.07) is -0.965. The number of H-pyrrole nitrogens is 1. The molecule has 1 unspecified atom stereocenters. The molecule has 0 bridgehead atoms. The van der Waals surface area contributed by atoms with Crippen molar-refractivity contribution < 1.29 is 15.0 Å². The molecule has 1 aromatic rings. The summed E-state index contributed by atoms with van der Waals surface area (Å²) < 4.78 is 0. The number of imidazole rings is 1. The van der Waals surface area contributed by atoms with Gasteiger partial charge in [-0.2, -0.15) is 0 Å². The minimum atomic E-state index is -1.15. The fourth-order valence-corrected chi connectivity index (χ4v) is 2.39. The number of hydrogen-bond acceptors (Lipinski definition) is 5. The summed E-state index contributed by atoms with van der Waals surface area (Å²) in [7, 11) is 0. The van der Waals surface area contributed by atoms with Crippen LogP contribution in [0.1, 0.15) is 31.4 Å². The molecule has 0 aromatic carbocycles. The standard InChI is InChI=1S/C12H19N3O3/c16-11-4-2-1-3-9(11)15-10(12(17)18)5-8-6-13-7-14-8/h6-7,9-11,15-16H,1-5H2,(H,13,14)(H,17,18)/p-1/t9-,10?,11-/m0/s1. The van der Waals surface area contributed by atoms with E-state index >= 15 is 0 Å². The van der Waals surface area contributed by atoms with Crippen molar-refractivity contribution in [2.24, 2.45) is 0 Å². The van der Waals surface area contributed by atoms with E-state index in [0.717, 1.165) is 31.4 Å². The third kappa shape index (κ3) is 3.30. The van der Waals surface area contributed by atoms with Crippen molar-refractivity contribution >= 4 is 5.97 Å². The van der Waals surface area contributed by atoms with E-state index < -0.39 is 18.1 Å². The average molecular weight is 252 g/mol. The second kappa shape index (κ2) is 5.97. The van der Waals surface area contributed by atoms with E-state index in [4.69, 9.17) is 0 Å². The Morgan fingerprint density at radius 2 is 2.39 bits per heavy atom. The monoisotopic (exact) mass is 252 g/mol. The number of nitrogens with zero attached hydrogens (tertiary/aromatic N) is 1. The van der Waals surface area contributed by atoms with Crippen LogP contribution in [0.5, 0.6) is 0 Å². The number of aliphatic carboxylic acids is 1. The highest BCUT2D eigenvalue weighted by molar-refractivity contribution is 5.71. The molecule has 1 aliphatic carbocycles. The molecule has 6 nitrogen and oxygen atoms in total. The fraction of sp³-hybridized carbons (Fsp3) is 0.667. The molecule has 0 amide bonds. The first-order valence-corrected chi connectivity index (χ1v) is 6.29. The first-order chi connectivity index (χ1) is 8.66. The quantitative estimate of drug-likeness (QED) is 0.621. The van der Waals surface area contributed by atoms with Crippen LogP contribution in [-0.2, 0) is 11.2 Å². The molecule has 100 valence electrons. The van der Waals surface area contributed by atoms with Gasteiger partial charge in [-0.15, -0.1) is 0 Å². The van der Waals surface area contributed by atoms with Crippen molar-refractivity contribution in [2.75, 3.05) is 0 Å². The molecule has 0 radical (unpaired) electrons. The molecule has 3 atom stereocenters. The lowest BCUT2D eigenvalue weighted by atomic mass is 9.91. The third-order valence-electron chi connectivity index (χ3n) is 3.41. The zero-order valence-corrected chi connectivity index (χ0v) is 10.1. The number of aromatic amines is 1. The van der Waals surface area contributed by atoms with E-state index in [1.165, 1.54) is 6.33 Å². The number of nitrogens with one attached hydrogen (secondary N) is 2. The van der Waals surface area contributed by atoms with Crippen molar-refractivity contribution in [3.8, 4) is 0 Å². The highest BCUT2D eigenvalue weighted by atomic mass is 16.4. The third-order valence-corrected chi connectivity index (χ3v) is 3.41. The normalized spacial score (nSPS) is 25.8. The lowest BCUT2D eigenvalue weighted by Gasteiger charge is -2.32. The fourth-order valence-electron chi connectivity index (χ4n) is 2.39. The molecule has 1 aliphatic rings. The number of carbonyl (C=O) groups is 1. The lowest BCUT2D eigenvalue weighted by molar-refractivity contribution is -0.308. The van der Waals surface area contributed by atoms with Gasteiger partial charge in [0.15, 0.2) is 0 Å². The van der Waals surface area contributed by atoms with Gasteiger partial charge in [-0.3, -0.25) is 0 Å². The van der Waals surface area contributed by atoms with Gasteiger partial charge in [0.1, 0.15) is 0 Å². The molecular weight excluding hydrogens is 234 g/mol. The van der Waals surface area contributed by atoms with E-state index in [0.29, 0.717) is 0 Å². The van der Waals surface area contributed by atoms with Gasteiger partial charge in [-0.25, -0.2) is 4.98 Å². The topological polar surface area (TPSA) is 101 Å². The summed E-state index contributed by atoms with van der Waals surface area (Å²) >= 11 is 0. The molecule has 18 heavy (non-hydrogen) atoms. The zero-order chi connectivity index (χ0) is 13.0. The number of hydrogen-bond donors (Lipinski definition) is 3. The molecule has 3 N–H and O–H groups in total. The van der Waals surface area contributed by atoms with Crippen LogP contribution >= 0.6 is 0 Å².